The molecular weight excluding hydrogens is 198 g/mol. The number of hydrogen-bond acceptors (Lipinski definition) is 2. The van der Waals surface area contributed by atoms with E-state index in [4.69, 9.17) is 4.74 Å². The van der Waals surface area contributed by atoms with Gasteiger partial charge in [0.2, 0.25) is 0 Å². The highest BCUT2D eigenvalue weighted by Gasteiger charge is 2.56. The predicted molar refractivity (Wildman–Crippen MR) is 65.3 cm³/mol. The molecule has 1 N–H and O–H groups in total. The van der Waals surface area contributed by atoms with Crippen LogP contribution in [-0.4, -0.2) is 25.8 Å². The largest absolute Gasteiger partial charge is 0.381 e. The lowest BCUT2D eigenvalue weighted by atomic mass is 9.86. The lowest BCUT2D eigenvalue weighted by Gasteiger charge is -2.32. The van der Waals surface area contributed by atoms with Gasteiger partial charge >= 0.3 is 0 Å². The second-order valence-electron chi connectivity index (χ2n) is 5.87. The van der Waals surface area contributed by atoms with Crippen molar-refractivity contribution in [2.24, 2.45) is 23.7 Å². The molecule has 0 spiro atoms. The fourth-order valence-electron chi connectivity index (χ4n) is 4.34. The summed E-state index contributed by atoms with van der Waals surface area (Å²) in [6, 6.07) is 0.809. The van der Waals surface area contributed by atoms with Gasteiger partial charge in [-0.05, 0) is 55.9 Å². The third kappa shape index (κ3) is 1.91. The van der Waals surface area contributed by atoms with Crippen LogP contribution in [-0.2, 0) is 4.74 Å². The van der Waals surface area contributed by atoms with E-state index in [-0.39, 0.29) is 0 Å². The van der Waals surface area contributed by atoms with Gasteiger partial charge in [0.1, 0.15) is 0 Å². The van der Waals surface area contributed by atoms with E-state index in [1.165, 1.54) is 32.1 Å². The summed E-state index contributed by atoms with van der Waals surface area (Å²) in [5.74, 6) is 4.10. The van der Waals surface area contributed by atoms with Crippen molar-refractivity contribution in [3.63, 3.8) is 0 Å². The van der Waals surface area contributed by atoms with E-state index in [0.717, 1.165) is 49.5 Å². The van der Waals surface area contributed by atoms with Crippen molar-refractivity contribution in [2.45, 2.75) is 45.1 Å². The maximum Gasteiger partial charge on any atom is 0.0469 e. The normalized spacial score (nSPS) is 40.7. The molecule has 0 amide bonds. The monoisotopic (exact) mass is 223 g/mol. The smallest absolute Gasteiger partial charge is 0.0469 e. The summed E-state index contributed by atoms with van der Waals surface area (Å²) in [5, 5.41) is 3.79. The van der Waals surface area contributed by atoms with Crippen molar-refractivity contribution >= 4 is 0 Å². The Hall–Kier alpha value is -0.0800. The maximum absolute atomic E-state index is 5.49. The second-order valence-corrected chi connectivity index (χ2v) is 5.87. The summed E-state index contributed by atoms with van der Waals surface area (Å²) in [6.07, 6.45) is 7.10. The van der Waals surface area contributed by atoms with E-state index in [1.54, 1.807) is 0 Å². The molecule has 3 fully saturated rings. The molecular formula is C14H25NO. The molecule has 0 aromatic rings. The van der Waals surface area contributed by atoms with E-state index in [2.05, 4.69) is 12.2 Å². The molecule has 2 heteroatoms. The van der Waals surface area contributed by atoms with Crippen LogP contribution in [0.1, 0.15) is 39.0 Å². The zero-order chi connectivity index (χ0) is 11.0. The quantitative estimate of drug-likeness (QED) is 0.790. The van der Waals surface area contributed by atoms with Gasteiger partial charge < -0.3 is 10.1 Å². The van der Waals surface area contributed by atoms with Crippen LogP contribution in [0.15, 0.2) is 0 Å². The molecule has 1 aliphatic heterocycles. The van der Waals surface area contributed by atoms with Crippen LogP contribution in [0.5, 0.6) is 0 Å². The first-order chi connectivity index (χ1) is 7.92. The fraction of sp³-hybridized carbons (Fsp3) is 1.00. The van der Waals surface area contributed by atoms with E-state index in [0.29, 0.717) is 0 Å². The standard InChI is InChI=1S/C14H25NO/c1-2-15-14(10-6-8-16-9-7-10)13-11-4-3-5-12(11)13/h10-15H,2-9H2,1H3. The van der Waals surface area contributed by atoms with E-state index in [9.17, 15) is 0 Å². The van der Waals surface area contributed by atoms with Crippen LogP contribution in [0.4, 0.5) is 0 Å². The molecule has 16 heavy (non-hydrogen) atoms. The molecule has 2 saturated carbocycles. The molecule has 1 saturated heterocycles. The van der Waals surface area contributed by atoms with E-state index in [1.807, 2.05) is 0 Å². The molecule has 3 rings (SSSR count). The number of nitrogens with one attached hydrogen (secondary N) is 1. The molecule has 3 atom stereocenters. The maximum atomic E-state index is 5.49. The van der Waals surface area contributed by atoms with Gasteiger partial charge in [0.25, 0.3) is 0 Å². The number of rotatable bonds is 4. The molecule has 1 heterocycles. The third-order valence-electron chi connectivity index (χ3n) is 5.10. The molecule has 0 aromatic heterocycles. The zero-order valence-corrected chi connectivity index (χ0v) is 10.5. The van der Waals surface area contributed by atoms with Gasteiger partial charge in [-0.3, -0.25) is 0 Å². The van der Waals surface area contributed by atoms with E-state index >= 15 is 0 Å². The Morgan fingerprint density at radius 3 is 2.44 bits per heavy atom. The van der Waals surface area contributed by atoms with Gasteiger partial charge in [-0.15, -0.1) is 0 Å². The molecule has 2 aliphatic carbocycles. The number of hydrogen-bond donors (Lipinski definition) is 1. The van der Waals surface area contributed by atoms with Gasteiger partial charge in [0.15, 0.2) is 0 Å². The van der Waals surface area contributed by atoms with E-state index < -0.39 is 0 Å². The number of ether oxygens (including phenoxy) is 1. The van der Waals surface area contributed by atoms with Crippen molar-refractivity contribution < 1.29 is 4.74 Å². The SMILES string of the molecule is CCNC(C1CCOCC1)C1C2CCCC21. The first-order valence-corrected chi connectivity index (χ1v) is 7.23. The van der Waals surface area contributed by atoms with Gasteiger partial charge in [-0.2, -0.15) is 0 Å². The summed E-state index contributed by atoms with van der Waals surface area (Å²) in [5.41, 5.74) is 0. The average molecular weight is 223 g/mol. The van der Waals surface area contributed by atoms with Crippen LogP contribution in [0, 0.1) is 23.7 Å². The Bertz CT molecular complexity index is 225. The van der Waals surface area contributed by atoms with Crippen molar-refractivity contribution in [1.82, 2.24) is 5.32 Å². The van der Waals surface area contributed by atoms with Gasteiger partial charge in [-0.1, -0.05) is 13.3 Å². The van der Waals surface area contributed by atoms with Crippen LogP contribution >= 0.6 is 0 Å². The summed E-state index contributed by atoms with van der Waals surface area (Å²) in [4.78, 5) is 0. The van der Waals surface area contributed by atoms with Gasteiger partial charge in [-0.25, -0.2) is 0 Å². The summed E-state index contributed by atoms with van der Waals surface area (Å²) in [6.45, 7) is 5.38. The Labute approximate surface area is 99.1 Å². The van der Waals surface area contributed by atoms with Crippen LogP contribution in [0.2, 0.25) is 0 Å². The third-order valence-corrected chi connectivity index (χ3v) is 5.10. The summed E-state index contributed by atoms with van der Waals surface area (Å²) < 4.78 is 5.49. The van der Waals surface area contributed by atoms with Crippen molar-refractivity contribution in [2.75, 3.05) is 19.8 Å². The predicted octanol–water partition coefficient (Wildman–Crippen LogP) is 2.44. The second kappa shape index (κ2) is 4.66. The topological polar surface area (TPSA) is 21.3 Å². The van der Waals surface area contributed by atoms with Crippen molar-refractivity contribution in [1.29, 1.82) is 0 Å². The van der Waals surface area contributed by atoms with Crippen LogP contribution < -0.4 is 5.32 Å². The molecule has 3 aliphatic rings. The van der Waals surface area contributed by atoms with Crippen molar-refractivity contribution in [3.05, 3.63) is 0 Å². The van der Waals surface area contributed by atoms with Crippen LogP contribution in [0.25, 0.3) is 0 Å². The molecule has 0 aromatic carbocycles. The molecule has 2 nitrogen and oxygen atoms in total. The Morgan fingerprint density at radius 1 is 1.12 bits per heavy atom. The fourth-order valence-corrected chi connectivity index (χ4v) is 4.34. The first kappa shape index (κ1) is 11.0. The summed E-state index contributed by atoms with van der Waals surface area (Å²) in [7, 11) is 0. The minimum atomic E-state index is 0.809. The Kier molecular flexibility index (Phi) is 3.21. The van der Waals surface area contributed by atoms with Crippen molar-refractivity contribution in [3.8, 4) is 0 Å². The van der Waals surface area contributed by atoms with Gasteiger partial charge in [0, 0.05) is 19.3 Å². The minimum absolute atomic E-state index is 0.809. The lowest BCUT2D eigenvalue weighted by Crippen LogP contribution is -2.41. The highest BCUT2D eigenvalue weighted by atomic mass is 16.5. The highest BCUT2D eigenvalue weighted by Crippen LogP contribution is 2.60. The minimum Gasteiger partial charge on any atom is -0.381 e. The first-order valence-electron chi connectivity index (χ1n) is 7.23. The zero-order valence-electron chi connectivity index (χ0n) is 10.5. The molecule has 3 unspecified atom stereocenters. The number of fused-ring (bicyclic) bond motifs is 1. The highest BCUT2D eigenvalue weighted by molar-refractivity contribution is 5.07. The summed E-state index contributed by atoms with van der Waals surface area (Å²) >= 11 is 0. The van der Waals surface area contributed by atoms with Crippen LogP contribution in [0.3, 0.4) is 0 Å². The molecule has 0 bridgehead atoms. The Balaban J connectivity index is 1.62. The van der Waals surface area contributed by atoms with Gasteiger partial charge in [0.05, 0.1) is 0 Å². The lowest BCUT2D eigenvalue weighted by molar-refractivity contribution is 0.0490. The Morgan fingerprint density at radius 2 is 1.81 bits per heavy atom. The molecule has 0 radical (unpaired) electrons. The average Bonchev–Trinajstić information content (AvgIpc) is 2.80. The molecule has 92 valence electrons.